The van der Waals surface area contributed by atoms with Crippen molar-refractivity contribution >= 4 is 39.2 Å². The fourth-order valence-electron chi connectivity index (χ4n) is 2.75. The number of rotatable bonds is 6. The molecule has 26 heavy (non-hydrogen) atoms. The van der Waals surface area contributed by atoms with Crippen LogP contribution < -0.4 is 4.80 Å². The molecule has 0 fully saturated rings. The Bertz CT molecular complexity index is 989. The van der Waals surface area contributed by atoms with Crippen molar-refractivity contribution in [3.63, 3.8) is 0 Å². The van der Waals surface area contributed by atoms with E-state index in [9.17, 15) is 4.79 Å². The van der Waals surface area contributed by atoms with E-state index in [-0.39, 0.29) is 5.91 Å². The molecule has 0 atom stereocenters. The number of carbonyl (C=O) groups excluding carboxylic acids is 1. The number of aromatic nitrogens is 1. The Morgan fingerprint density at radius 2 is 2.08 bits per heavy atom. The maximum atomic E-state index is 12.8. The topological polar surface area (TPSA) is 43.6 Å². The van der Waals surface area contributed by atoms with Crippen molar-refractivity contribution in [3.05, 3.63) is 58.4 Å². The number of benzene rings is 2. The van der Waals surface area contributed by atoms with Gasteiger partial charge < -0.3 is 9.30 Å². The first kappa shape index (κ1) is 18.9. The zero-order valence-corrected chi connectivity index (χ0v) is 16.8. The first-order chi connectivity index (χ1) is 12.6. The van der Waals surface area contributed by atoms with E-state index in [0.717, 1.165) is 15.1 Å². The molecule has 0 unspecified atom stereocenters. The van der Waals surface area contributed by atoms with Crippen LogP contribution in [0.2, 0.25) is 0 Å². The SMILES string of the molecule is CCOCCn1c(=NC(=O)c2ccccc2SC)sc2cc(C)ccc21. The van der Waals surface area contributed by atoms with Crippen LogP contribution in [0.25, 0.3) is 10.2 Å². The van der Waals surface area contributed by atoms with Crippen LogP contribution in [0.3, 0.4) is 0 Å². The van der Waals surface area contributed by atoms with E-state index >= 15 is 0 Å². The van der Waals surface area contributed by atoms with Gasteiger partial charge in [0.05, 0.1) is 22.4 Å². The summed E-state index contributed by atoms with van der Waals surface area (Å²) in [6.07, 6.45) is 1.97. The molecule has 0 aliphatic rings. The Morgan fingerprint density at radius 1 is 1.27 bits per heavy atom. The molecule has 0 radical (unpaired) electrons. The van der Waals surface area contributed by atoms with Crippen LogP contribution in [0.4, 0.5) is 0 Å². The van der Waals surface area contributed by atoms with Gasteiger partial charge in [0.2, 0.25) is 0 Å². The van der Waals surface area contributed by atoms with Gasteiger partial charge in [0.25, 0.3) is 5.91 Å². The quantitative estimate of drug-likeness (QED) is 0.462. The molecule has 0 aliphatic heterocycles. The predicted octanol–water partition coefficient (Wildman–Crippen LogP) is 4.51. The molecule has 6 heteroatoms. The molecule has 1 amide bonds. The van der Waals surface area contributed by atoms with Crippen molar-refractivity contribution in [2.45, 2.75) is 25.3 Å². The minimum Gasteiger partial charge on any atom is -0.380 e. The van der Waals surface area contributed by atoms with Crippen molar-refractivity contribution in [3.8, 4) is 0 Å². The third-order valence-corrected chi connectivity index (χ3v) is 5.87. The van der Waals surface area contributed by atoms with Crippen LogP contribution in [0.15, 0.2) is 52.4 Å². The van der Waals surface area contributed by atoms with Crippen molar-refractivity contribution < 1.29 is 9.53 Å². The van der Waals surface area contributed by atoms with Gasteiger partial charge in [-0.15, -0.1) is 11.8 Å². The molecule has 1 aromatic heterocycles. The number of amides is 1. The third kappa shape index (κ3) is 4.09. The highest BCUT2D eigenvalue weighted by molar-refractivity contribution is 7.98. The van der Waals surface area contributed by atoms with Crippen molar-refractivity contribution in [1.29, 1.82) is 0 Å². The van der Waals surface area contributed by atoms with Crippen LogP contribution in [0.5, 0.6) is 0 Å². The number of ether oxygens (including phenoxy) is 1. The number of hydrogen-bond acceptors (Lipinski definition) is 4. The van der Waals surface area contributed by atoms with Crippen LogP contribution >= 0.6 is 23.1 Å². The number of thiazole rings is 1. The van der Waals surface area contributed by atoms with Gasteiger partial charge in [-0.2, -0.15) is 4.99 Å². The molecule has 1 heterocycles. The largest absolute Gasteiger partial charge is 0.380 e. The van der Waals surface area contributed by atoms with Crippen LogP contribution in [0, 0.1) is 6.92 Å². The van der Waals surface area contributed by atoms with Gasteiger partial charge in [-0.25, -0.2) is 0 Å². The van der Waals surface area contributed by atoms with Crippen molar-refractivity contribution in [1.82, 2.24) is 4.57 Å². The van der Waals surface area contributed by atoms with Gasteiger partial charge in [0.1, 0.15) is 0 Å². The van der Waals surface area contributed by atoms with Crippen molar-refractivity contribution in [2.24, 2.45) is 4.99 Å². The second kappa shape index (κ2) is 8.66. The molecule has 3 aromatic rings. The molecule has 0 N–H and O–H groups in total. The standard InChI is InChI=1S/C20H22N2O2S2/c1-4-24-12-11-22-16-10-9-14(2)13-18(16)26-20(22)21-19(23)15-7-5-6-8-17(15)25-3/h5-10,13H,4,11-12H2,1-3H3. The zero-order valence-electron chi connectivity index (χ0n) is 15.2. The minimum absolute atomic E-state index is 0.205. The molecule has 4 nitrogen and oxygen atoms in total. The lowest BCUT2D eigenvalue weighted by molar-refractivity contribution is 0.0994. The predicted molar refractivity (Wildman–Crippen MR) is 109 cm³/mol. The van der Waals surface area contributed by atoms with E-state index in [2.05, 4.69) is 34.7 Å². The van der Waals surface area contributed by atoms with E-state index < -0.39 is 0 Å². The summed E-state index contributed by atoms with van der Waals surface area (Å²) in [7, 11) is 0. The highest BCUT2D eigenvalue weighted by Crippen LogP contribution is 2.22. The molecule has 0 saturated heterocycles. The molecular formula is C20H22N2O2S2. The Hall–Kier alpha value is -1.89. The average Bonchev–Trinajstić information content (AvgIpc) is 2.98. The summed E-state index contributed by atoms with van der Waals surface area (Å²) in [5.74, 6) is -0.205. The first-order valence-corrected chi connectivity index (χ1v) is 10.6. The normalized spacial score (nSPS) is 12.0. The second-order valence-electron chi connectivity index (χ2n) is 5.82. The summed E-state index contributed by atoms with van der Waals surface area (Å²) in [4.78, 5) is 18.9. The molecule has 2 aromatic carbocycles. The van der Waals surface area contributed by atoms with Gasteiger partial charge in [-0.05, 0) is 49.9 Å². The zero-order chi connectivity index (χ0) is 18.5. The molecule has 0 spiro atoms. The van der Waals surface area contributed by atoms with E-state index in [0.29, 0.717) is 30.1 Å². The number of thioether (sulfide) groups is 1. The molecular weight excluding hydrogens is 364 g/mol. The number of hydrogen-bond donors (Lipinski definition) is 0. The Labute approximate surface area is 161 Å². The first-order valence-electron chi connectivity index (χ1n) is 8.54. The van der Waals surface area contributed by atoms with Gasteiger partial charge in [0, 0.05) is 18.0 Å². The molecule has 0 saturated carbocycles. The Balaban J connectivity index is 2.08. The van der Waals surface area contributed by atoms with E-state index in [4.69, 9.17) is 4.74 Å². The van der Waals surface area contributed by atoms with Gasteiger partial charge in [-0.1, -0.05) is 29.5 Å². The maximum Gasteiger partial charge on any atom is 0.280 e. The lowest BCUT2D eigenvalue weighted by Gasteiger charge is -2.06. The van der Waals surface area contributed by atoms with E-state index in [1.54, 1.807) is 23.1 Å². The second-order valence-corrected chi connectivity index (χ2v) is 7.68. The molecule has 3 rings (SSSR count). The van der Waals surface area contributed by atoms with Crippen LogP contribution in [0.1, 0.15) is 22.8 Å². The maximum absolute atomic E-state index is 12.8. The highest BCUT2D eigenvalue weighted by atomic mass is 32.2. The van der Waals surface area contributed by atoms with E-state index in [1.807, 2.05) is 37.4 Å². The Morgan fingerprint density at radius 3 is 2.85 bits per heavy atom. The summed E-state index contributed by atoms with van der Waals surface area (Å²) in [6.45, 7) is 5.99. The summed E-state index contributed by atoms with van der Waals surface area (Å²) in [6, 6.07) is 13.9. The number of carbonyl (C=O) groups is 1. The smallest absolute Gasteiger partial charge is 0.280 e. The summed E-state index contributed by atoms with van der Waals surface area (Å²) in [5.41, 5.74) is 2.93. The number of nitrogens with zero attached hydrogens (tertiary/aromatic N) is 2. The summed E-state index contributed by atoms with van der Waals surface area (Å²) >= 11 is 3.10. The van der Waals surface area contributed by atoms with Gasteiger partial charge in [0.15, 0.2) is 4.80 Å². The minimum atomic E-state index is -0.205. The summed E-state index contributed by atoms with van der Waals surface area (Å²) in [5, 5.41) is 0. The molecule has 0 bridgehead atoms. The fourth-order valence-corrected chi connectivity index (χ4v) is 4.49. The molecule has 136 valence electrons. The fraction of sp³-hybridized carbons (Fsp3) is 0.300. The van der Waals surface area contributed by atoms with Gasteiger partial charge in [-0.3, -0.25) is 4.79 Å². The average molecular weight is 387 g/mol. The lowest BCUT2D eigenvalue weighted by Crippen LogP contribution is -2.19. The highest BCUT2D eigenvalue weighted by Gasteiger charge is 2.12. The van der Waals surface area contributed by atoms with E-state index in [1.165, 1.54) is 5.56 Å². The number of aryl methyl sites for hydroxylation is 1. The van der Waals surface area contributed by atoms with Gasteiger partial charge >= 0.3 is 0 Å². The monoisotopic (exact) mass is 386 g/mol. The summed E-state index contributed by atoms with van der Waals surface area (Å²) < 4.78 is 8.72. The lowest BCUT2D eigenvalue weighted by atomic mass is 10.2. The van der Waals surface area contributed by atoms with Crippen LogP contribution in [-0.4, -0.2) is 29.9 Å². The van der Waals surface area contributed by atoms with Crippen molar-refractivity contribution in [2.75, 3.05) is 19.5 Å². The van der Waals surface area contributed by atoms with Crippen LogP contribution in [-0.2, 0) is 11.3 Å². The molecule has 0 aliphatic carbocycles. The third-order valence-electron chi connectivity index (χ3n) is 4.04. The Kier molecular flexibility index (Phi) is 6.29. The number of fused-ring (bicyclic) bond motifs is 1.